The van der Waals surface area contributed by atoms with Crippen LogP contribution in [0.3, 0.4) is 0 Å². The number of rotatable bonds is 5. The molecule has 4 heteroatoms. The number of hydrogen-bond acceptors (Lipinski definition) is 2. The first-order valence-electron chi connectivity index (χ1n) is 7.69. The second kappa shape index (κ2) is 7.01. The SMILES string of the molecule is CCC(C)(C(=O)Cc1ccc(F)c(Br)c1)N1CCCCC1. The maximum Gasteiger partial charge on any atom is 0.157 e. The number of Topliss-reactive ketones (excluding diaryl/α,β-unsaturated/α-hetero) is 1. The predicted molar refractivity (Wildman–Crippen MR) is 86.9 cm³/mol. The molecule has 1 atom stereocenters. The zero-order valence-corrected chi connectivity index (χ0v) is 14.4. The van der Waals surface area contributed by atoms with Gasteiger partial charge in [0, 0.05) is 6.42 Å². The minimum atomic E-state index is -0.402. The summed E-state index contributed by atoms with van der Waals surface area (Å²) in [6.07, 6.45) is 4.78. The van der Waals surface area contributed by atoms with Crippen LogP contribution in [0.25, 0.3) is 0 Å². The smallest absolute Gasteiger partial charge is 0.157 e. The highest BCUT2D eigenvalue weighted by molar-refractivity contribution is 9.10. The van der Waals surface area contributed by atoms with Gasteiger partial charge in [0.15, 0.2) is 5.78 Å². The normalized spacial score (nSPS) is 19.2. The van der Waals surface area contributed by atoms with Gasteiger partial charge >= 0.3 is 0 Å². The highest BCUT2D eigenvalue weighted by Gasteiger charge is 2.37. The third-order valence-corrected chi connectivity index (χ3v) is 5.30. The molecule has 2 rings (SSSR count). The fraction of sp³-hybridized carbons (Fsp3) is 0.588. The molecule has 1 heterocycles. The summed E-state index contributed by atoms with van der Waals surface area (Å²) in [7, 11) is 0. The van der Waals surface area contributed by atoms with Gasteiger partial charge < -0.3 is 0 Å². The third kappa shape index (κ3) is 3.72. The second-order valence-corrected chi connectivity index (χ2v) is 6.88. The van der Waals surface area contributed by atoms with Gasteiger partial charge in [0.1, 0.15) is 5.82 Å². The summed E-state index contributed by atoms with van der Waals surface area (Å²) in [5.74, 6) is -0.0640. The fourth-order valence-corrected chi connectivity index (χ4v) is 3.44. The molecule has 1 aliphatic rings. The molecule has 0 radical (unpaired) electrons. The summed E-state index contributed by atoms with van der Waals surface area (Å²) in [4.78, 5) is 15.1. The second-order valence-electron chi connectivity index (χ2n) is 6.02. The Labute approximate surface area is 134 Å². The summed E-state index contributed by atoms with van der Waals surface area (Å²) in [5.41, 5.74) is 0.464. The van der Waals surface area contributed by atoms with E-state index in [4.69, 9.17) is 0 Å². The van der Waals surface area contributed by atoms with Gasteiger partial charge in [-0.25, -0.2) is 4.39 Å². The van der Waals surface area contributed by atoms with Crippen LogP contribution in [0.4, 0.5) is 4.39 Å². The molecule has 1 aromatic carbocycles. The highest BCUT2D eigenvalue weighted by Crippen LogP contribution is 2.27. The molecule has 0 aliphatic carbocycles. The Morgan fingerprint density at radius 1 is 1.33 bits per heavy atom. The van der Waals surface area contributed by atoms with E-state index >= 15 is 0 Å². The zero-order valence-electron chi connectivity index (χ0n) is 12.8. The van der Waals surface area contributed by atoms with E-state index in [1.807, 2.05) is 0 Å². The summed E-state index contributed by atoms with van der Waals surface area (Å²) >= 11 is 3.18. The van der Waals surface area contributed by atoms with Crippen LogP contribution in [0.2, 0.25) is 0 Å². The van der Waals surface area contributed by atoms with Gasteiger partial charge in [-0.1, -0.05) is 19.4 Å². The lowest BCUT2D eigenvalue weighted by atomic mass is 9.86. The molecule has 0 amide bonds. The van der Waals surface area contributed by atoms with Crippen molar-refractivity contribution in [2.24, 2.45) is 0 Å². The van der Waals surface area contributed by atoms with Crippen molar-refractivity contribution in [2.75, 3.05) is 13.1 Å². The van der Waals surface area contributed by atoms with Crippen LogP contribution in [-0.4, -0.2) is 29.3 Å². The van der Waals surface area contributed by atoms with Gasteiger partial charge in [-0.15, -0.1) is 0 Å². The maximum absolute atomic E-state index is 13.3. The van der Waals surface area contributed by atoms with Crippen molar-refractivity contribution in [3.8, 4) is 0 Å². The topological polar surface area (TPSA) is 20.3 Å². The summed E-state index contributed by atoms with van der Waals surface area (Å²) in [5, 5.41) is 0. The van der Waals surface area contributed by atoms with Crippen LogP contribution in [0.1, 0.15) is 45.1 Å². The number of carbonyl (C=O) groups excluding carboxylic acids is 1. The van der Waals surface area contributed by atoms with E-state index in [0.717, 1.165) is 25.1 Å². The van der Waals surface area contributed by atoms with Crippen LogP contribution < -0.4 is 0 Å². The Balaban J connectivity index is 2.13. The summed E-state index contributed by atoms with van der Waals surface area (Å²) in [6, 6.07) is 4.82. The fourth-order valence-electron chi connectivity index (χ4n) is 3.01. The molecule has 2 nitrogen and oxygen atoms in total. The van der Waals surface area contributed by atoms with Gasteiger partial charge in [0.25, 0.3) is 0 Å². The molecular formula is C17H23BrFNO. The lowest BCUT2D eigenvalue weighted by Crippen LogP contribution is -2.54. The summed E-state index contributed by atoms with van der Waals surface area (Å²) in [6.45, 7) is 6.14. The van der Waals surface area contributed by atoms with E-state index in [1.165, 1.54) is 25.3 Å². The lowest BCUT2D eigenvalue weighted by Gasteiger charge is -2.42. The number of likely N-dealkylation sites (tertiary alicyclic amines) is 1. The van der Waals surface area contributed by atoms with Crippen molar-refractivity contribution in [3.05, 3.63) is 34.1 Å². The van der Waals surface area contributed by atoms with E-state index in [-0.39, 0.29) is 11.6 Å². The van der Waals surface area contributed by atoms with Crippen molar-refractivity contribution in [3.63, 3.8) is 0 Å². The van der Waals surface area contributed by atoms with Crippen molar-refractivity contribution >= 4 is 21.7 Å². The lowest BCUT2D eigenvalue weighted by molar-refractivity contribution is -0.130. The number of carbonyl (C=O) groups is 1. The van der Waals surface area contributed by atoms with Crippen LogP contribution in [0.15, 0.2) is 22.7 Å². The van der Waals surface area contributed by atoms with Crippen molar-refractivity contribution in [1.29, 1.82) is 0 Å². The molecule has 1 aliphatic heterocycles. The number of halogens is 2. The molecule has 0 spiro atoms. The molecule has 0 saturated carbocycles. The Bertz CT molecular complexity index is 514. The first kappa shape index (κ1) is 16.6. The van der Waals surface area contributed by atoms with Crippen molar-refractivity contribution < 1.29 is 9.18 Å². The molecule has 1 saturated heterocycles. The molecule has 1 fully saturated rings. The Morgan fingerprint density at radius 3 is 2.57 bits per heavy atom. The van der Waals surface area contributed by atoms with E-state index in [2.05, 4.69) is 34.7 Å². The van der Waals surface area contributed by atoms with E-state index in [1.54, 1.807) is 12.1 Å². The number of hydrogen-bond donors (Lipinski definition) is 0. The highest BCUT2D eigenvalue weighted by atomic mass is 79.9. The molecular weight excluding hydrogens is 333 g/mol. The van der Waals surface area contributed by atoms with Gasteiger partial charge in [-0.05, 0) is 72.9 Å². The van der Waals surface area contributed by atoms with Crippen LogP contribution >= 0.6 is 15.9 Å². The van der Waals surface area contributed by atoms with Crippen LogP contribution in [-0.2, 0) is 11.2 Å². The first-order valence-corrected chi connectivity index (χ1v) is 8.49. The Kier molecular flexibility index (Phi) is 5.55. The standard InChI is InChI=1S/C17H23BrFNO/c1-3-17(2,20-9-5-4-6-10-20)16(21)12-13-7-8-15(19)14(18)11-13/h7-8,11H,3-6,9-10,12H2,1-2H3. The molecule has 0 aromatic heterocycles. The number of benzene rings is 1. The minimum absolute atomic E-state index is 0.227. The van der Waals surface area contributed by atoms with Crippen molar-refractivity contribution in [1.82, 2.24) is 4.90 Å². The number of piperidine rings is 1. The third-order valence-electron chi connectivity index (χ3n) is 4.69. The Hall–Kier alpha value is -0.740. The molecule has 0 N–H and O–H groups in total. The zero-order chi connectivity index (χ0) is 15.5. The minimum Gasteiger partial charge on any atom is -0.297 e. The van der Waals surface area contributed by atoms with Gasteiger partial charge in [0.2, 0.25) is 0 Å². The maximum atomic E-state index is 13.3. The average molecular weight is 356 g/mol. The first-order chi connectivity index (χ1) is 9.97. The predicted octanol–water partition coefficient (Wildman–Crippen LogP) is 4.35. The van der Waals surface area contributed by atoms with Gasteiger partial charge in [-0.3, -0.25) is 9.69 Å². The molecule has 1 aromatic rings. The van der Waals surface area contributed by atoms with Crippen molar-refractivity contribution in [2.45, 2.75) is 51.5 Å². The van der Waals surface area contributed by atoms with E-state index in [0.29, 0.717) is 10.9 Å². The number of ketones is 1. The summed E-state index contributed by atoms with van der Waals surface area (Å²) < 4.78 is 13.7. The average Bonchev–Trinajstić information content (AvgIpc) is 2.51. The van der Waals surface area contributed by atoms with Gasteiger partial charge in [0.05, 0.1) is 10.0 Å². The monoisotopic (exact) mass is 355 g/mol. The van der Waals surface area contributed by atoms with Crippen LogP contribution in [0, 0.1) is 5.82 Å². The van der Waals surface area contributed by atoms with E-state index < -0.39 is 5.54 Å². The van der Waals surface area contributed by atoms with E-state index in [9.17, 15) is 9.18 Å². The van der Waals surface area contributed by atoms with Gasteiger partial charge in [-0.2, -0.15) is 0 Å². The molecule has 116 valence electrons. The Morgan fingerprint density at radius 2 is 2.00 bits per heavy atom. The largest absolute Gasteiger partial charge is 0.297 e. The quantitative estimate of drug-likeness (QED) is 0.782. The molecule has 0 bridgehead atoms. The molecule has 21 heavy (non-hydrogen) atoms. The number of nitrogens with zero attached hydrogens (tertiary/aromatic N) is 1. The van der Waals surface area contributed by atoms with Crippen LogP contribution in [0.5, 0.6) is 0 Å². The molecule has 1 unspecified atom stereocenters.